The first-order chi connectivity index (χ1) is 10.0. The molecule has 7 heteroatoms. The minimum absolute atomic E-state index is 0.166. The summed E-state index contributed by atoms with van der Waals surface area (Å²) < 4.78 is 1.79. The van der Waals surface area contributed by atoms with E-state index in [1.165, 1.54) is 4.90 Å². The third-order valence-corrected chi connectivity index (χ3v) is 3.01. The summed E-state index contributed by atoms with van der Waals surface area (Å²) in [5.74, 6) is -1.67. The van der Waals surface area contributed by atoms with E-state index in [-0.39, 0.29) is 19.6 Å². The van der Waals surface area contributed by atoms with Gasteiger partial charge in [-0.3, -0.25) is 14.5 Å². The van der Waals surface area contributed by atoms with E-state index >= 15 is 0 Å². The maximum absolute atomic E-state index is 11.0. The molecule has 21 heavy (non-hydrogen) atoms. The van der Waals surface area contributed by atoms with Gasteiger partial charge in [0.2, 0.25) is 5.91 Å². The highest BCUT2D eigenvalue weighted by molar-refractivity contribution is 5.77. The lowest BCUT2D eigenvalue weighted by Crippen LogP contribution is -2.36. The second-order valence-electron chi connectivity index (χ2n) is 4.64. The summed E-state index contributed by atoms with van der Waals surface area (Å²) in [7, 11) is 0. The molecule has 3 N–H and O–H groups in total. The van der Waals surface area contributed by atoms with Crippen LogP contribution in [0.15, 0.2) is 30.6 Å². The van der Waals surface area contributed by atoms with Crippen molar-refractivity contribution >= 4 is 17.4 Å². The van der Waals surface area contributed by atoms with Crippen LogP contribution in [0.5, 0.6) is 0 Å². The third kappa shape index (κ3) is 3.38. The molecular weight excluding hydrogens is 272 g/mol. The zero-order valence-corrected chi connectivity index (χ0v) is 11.2. The summed E-state index contributed by atoms with van der Waals surface area (Å²) in [4.78, 5) is 23.3. The highest BCUT2D eigenvalue weighted by Gasteiger charge is 2.17. The lowest BCUT2D eigenvalue weighted by atomic mass is 10.1. The largest absolute Gasteiger partial charge is 0.480 e. The van der Waals surface area contributed by atoms with Gasteiger partial charge in [-0.05, 0) is 12.1 Å². The monoisotopic (exact) mass is 286 g/mol. The molecule has 7 nitrogen and oxygen atoms in total. The molecule has 2 aromatic rings. The Balaban J connectivity index is 2.33. The Labute approximate surface area is 120 Å². The van der Waals surface area contributed by atoms with Crippen molar-refractivity contribution in [2.24, 2.45) is 5.73 Å². The van der Waals surface area contributed by atoms with Crippen molar-refractivity contribution in [1.82, 2.24) is 9.30 Å². The van der Waals surface area contributed by atoms with Crippen molar-refractivity contribution in [3.8, 4) is 6.07 Å². The van der Waals surface area contributed by atoms with Crippen LogP contribution in [0, 0.1) is 11.3 Å². The molecule has 0 aromatic carbocycles. The Morgan fingerprint density at radius 1 is 1.38 bits per heavy atom. The first-order valence-electron chi connectivity index (χ1n) is 6.22. The molecule has 0 fully saturated rings. The van der Waals surface area contributed by atoms with Gasteiger partial charge in [0.1, 0.15) is 6.07 Å². The van der Waals surface area contributed by atoms with Crippen LogP contribution >= 0.6 is 0 Å². The van der Waals surface area contributed by atoms with E-state index in [0.717, 1.165) is 5.52 Å². The number of fused-ring (bicyclic) bond motifs is 1. The van der Waals surface area contributed by atoms with E-state index in [1.807, 2.05) is 12.1 Å². The summed E-state index contributed by atoms with van der Waals surface area (Å²) >= 11 is 0. The van der Waals surface area contributed by atoms with Gasteiger partial charge in [0.15, 0.2) is 0 Å². The number of aromatic nitrogens is 1. The summed E-state index contributed by atoms with van der Waals surface area (Å²) in [6.07, 6.45) is 3.55. The zero-order chi connectivity index (χ0) is 15.4. The SMILES string of the molecule is N#Cc1c(CN(CC(N)=O)CC(=O)O)cn2ccccc12. The van der Waals surface area contributed by atoms with Crippen molar-refractivity contribution in [1.29, 1.82) is 5.26 Å². The fourth-order valence-electron chi connectivity index (χ4n) is 2.25. The van der Waals surface area contributed by atoms with E-state index in [1.54, 1.807) is 22.9 Å². The highest BCUT2D eigenvalue weighted by atomic mass is 16.4. The second-order valence-corrected chi connectivity index (χ2v) is 4.64. The fraction of sp³-hybridized carbons (Fsp3) is 0.214. The number of pyridine rings is 1. The number of aliphatic carboxylic acids is 1. The fourth-order valence-corrected chi connectivity index (χ4v) is 2.25. The Morgan fingerprint density at radius 3 is 2.76 bits per heavy atom. The van der Waals surface area contributed by atoms with Gasteiger partial charge in [-0.15, -0.1) is 0 Å². The van der Waals surface area contributed by atoms with Gasteiger partial charge in [-0.2, -0.15) is 5.26 Å². The molecule has 0 saturated heterocycles. The van der Waals surface area contributed by atoms with Gasteiger partial charge >= 0.3 is 5.97 Å². The molecule has 1 amide bonds. The smallest absolute Gasteiger partial charge is 0.317 e. The molecule has 0 aliphatic carbocycles. The molecule has 0 atom stereocenters. The number of carboxylic acids is 1. The van der Waals surface area contributed by atoms with Crippen LogP contribution in [-0.4, -0.2) is 39.4 Å². The van der Waals surface area contributed by atoms with Crippen molar-refractivity contribution < 1.29 is 14.7 Å². The number of rotatable bonds is 6. The molecule has 0 unspecified atom stereocenters. The Kier molecular flexibility index (Phi) is 4.21. The van der Waals surface area contributed by atoms with E-state index in [4.69, 9.17) is 10.8 Å². The summed E-state index contributed by atoms with van der Waals surface area (Å²) in [5, 5.41) is 18.2. The molecule has 0 aliphatic rings. The average Bonchev–Trinajstić information content (AvgIpc) is 2.73. The van der Waals surface area contributed by atoms with Gasteiger partial charge in [0.25, 0.3) is 0 Å². The standard InChI is InChI=1S/C14H14N4O3/c15-5-11-10(7-18-4-2-1-3-12(11)18)6-17(8-13(16)19)9-14(20)21/h1-4,7H,6,8-9H2,(H2,16,19)(H,20,21). The molecule has 0 saturated carbocycles. The predicted molar refractivity (Wildman–Crippen MR) is 74.2 cm³/mol. The first-order valence-corrected chi connectivity index (χ1v) is 6.22. The number of primary amides is 1. The van der Waals surface area contributed by atoms with Crippen LogP contribution in [-0.2, 0) is 16.1 Å². The third-order valence-electron chi connectivity index (χ3n) is 3.01. The number of nitriles is 1. The van der Waals surface area contributed by atoms with E-state index in [9.17, 15) is 14.9 Å². The average molecular weight is 286 g/mol. The Hall–Kier alpha value is -2.85. The number of hydrogen-bond acceptors (Lipinski definition) is 4. The van der Waals surface area contributed by atoms with Crippen LogP contribution < -0.4 is 5.73 Å². The zero-order valence-electron chi connectivity index (χ0n) is 11.2. The molecule has 0 aliphatic heterocycles. The maximum atomic E-state index is 11.0. The van der Waals surface area contributed by atoms with Crippen LogP contribution in [0.3, 0.4) is 0 Å². The minimum atomic E-state index is -1.06. The number of carboxylic acid groups (broad SMARTS) is 1. The molecule has 2 heterocycles. The maximum Gasteiger partial charge on any atom is 0.317 e. The lowest BCUT2D eigenvalue weighted by molar-refractivity contribution is -0.138. The van der Waals surface area contributed by atoms with E-state index < -0.39 is 11.9 Å². The lowest BCUT2D eigenvalue weighted by Gasteiger charge is -2.17. The topological polar surface area (TPSA) is 112 Å². The van der Waals surface area contributed by atoms with Gasteiger partial charge < -0.3 is 15.2 Å². The summed E-state index contributed by atoms with van der Waals surface area (Å²) in [6, 6.07) is 7.57. The van der Waals surface area contributed by atoms with Crippen molar-refractivity contribution in [2.75, 3.05) is 13.1 Å². The molecule has 0 bridgehead atoms. The van der Waals surface area contributed by atoms with Gasteiger partial charge in [0, 0.05) is 24.5 Å². The number of carbonyl (C=O) groups is 2. The van der Waals surface area contributed by atoms with Crippen molar-refractivity contribution in [3.05, 3.63) is 41.7 Å². The van der Waals surface area contributed by atoms with Crippen molar-refractivity contribution in [2.45, 2.75) is 6.54 Å². The van der Waals surface area contributed by atoms with Crippen LogP contribution in [0.2, 0.25) is 0 Å². The normalized spacial score (nSPS) is 10.7. The number of carbonyl (C=O) groups excluding carboxylic acids is 1. The molecule has 0 spiro atoms. The molecule has 2 aromatic heterocycles. The first kappa shape index (κ1) is 14.6. The second kappa shape index (κ2) is 6.07. The summed E-state index contributed by atoms with van der Waals surface area (Å²) in [6.45, 7) is -0.330. The minimum Gasteiger partial charge on any atom is -0.480 e. The molecule has 108 valence electrons. The predicted octanol–water partition coefficient (Wildman–Crippen LogP) is 0.183. The molecule has 0 radical (unpaired) electrons. The number of nitrogens with two attached hydrogens (primary N) is 1. The van der Waals surface area contributed by atoms with Crippen LogP contribution in [0.1, 0.15) is 11.1 Å². The molecule has 2 rings (SSSR count). The highest BCUT2D eigenvalue weighted by Crippen LogP contribution is 2.19. The van der Waals surface area contributed by atoms with E-state index in [2.05, 4.69) is 6.07 Å². The number of amides is 1. The quantitative estimate of drug-likeness (QED) is 0.787. The van der Waals surface area contributed by atoms with Gasteiger partial charge in [-0.25, -0.2) is 0 Å². The Morgan fingerprint density at radius 2 is 2.14 bits per heavy atom. The van der Waals surface area contributed by atoms with Crippen molar-refractivity contribution in [3.63, 3.8) is 0 Å². The number of hydrogen-bond donors (Lipinski definition) is 2. The summed E-state index contributed by atoms with van der Waals surface area (Å²) in [5.41, 5.74) is 6.99. The van der Waals surface area contributed by atoms with E-state index in [0.29, 0.717) is 11.1 Å². The van der Waals surface area contributed by atoms with Crippen LogP contribution in [0.4, 0.5) is 0 Å². The van der Waals surface area contributed by atoms with Gasteiger partial charge in [-0.1, -0.05) is 6.07 Å². The molecular formula is C14H14N4O3. The Bertz CT molecular complexity index is 713. The van der Waals surface area contributed by atoms with Gasteiger partial charge in [0.05, 0.1) is 24.2 Å². The van der Waals surface area contributed by atoms with Crippen LogP contribution in [0.25, 0.3) is 5.52 Å². The number of nitrogens with zero attached hydrogens (tertiary/aromatic N) is 3.